The van der Waals surface area contributed by atoms with E-state index >= 15 is 0 Å². The quantitative estimate of drug-likeness (QED) is 0.807. The summed E-state index contributed by atoms with van der Waals surface area (Å²) in [5.41, 5.74) is 2.43. The largest absolute Gasteiger partial charge is 0.492 e. The lowest BCUT2D eigenvalue weighted by Crippen LogP contribution is -2.12. The van der Waals surface area contributed by atoms with Crippen molar-refractivity contribution < 1.29 is 4.74 Å². The van der Waals surface area contributed by atoms with Crippen LogP contribution in [0.1, 0.15) is 25.2 Å². The highest BCUT2D eigenvalue weighted by Crippen LogP contribution is 2.16. The number of nitrogens with zero attached hydrogens (tertiary/aromatic N) is 2. The van der Waals surface area contributed by atoms with Crippen molar-refractivity contribution in [1.29, 1.82) is 0 Å². The van der Waals surface area contributed by atoms with Gasteiger partial charge in [-0.3, -0.25) is 4.68 Å². The molecular formula is C15H19BrN2O. The van der Waals surface area contributed by atoms with Crippen molar-refractivity contribution in [2.75, 3.05) is 6.61 Å². The molecule has 0 spiro atoms. The zero-order chi connectivity index (χ0) is 13.7. The van der Waals surface area contributed by atoms with Gasteiger partial charge in [0, 0.05) is 10.2 Å². The van der Waals surface area contributed by atoms with Crippen molar-refractivity contribution >= 4 is 15.9 Å². The SMILES string of the molecule is CCc1cc(CC)n(CCOc2ccc(Br)cc2)n1. The van der Waals surface area contributed by atoms with Crippen molar-refractivity contribution in [3.63, 3.8) is 0 Å². The molecule has 19 heavy (non-hydrogen) atoms. The lowest BCUT2D eigenvalue weighted by Gasteiger charge is -2.08. The third kappa shape index (κ3) is 3.83. The monoisotopic (exact) mass is 322 g/mol. The molecule has 1 aromatic carbocycles. The normalized spacial score (nSPS) is 10.7. The summed E-state index contributed by atoms with van der Waals surface area (Å²) in [6.45, 7) is 5.71. The van der Waals surface area contributed by atoms with Crippen LogP contribution in [0.25, 0.3) is 0 Å². The van der Waals surface area contributed by atoms with E-state index in [-0.39, 0.29) is 0 Å². The van der Waals surface area contributed by atoms with Crippen molar-refractivity contribution in [2.45, 2.75) is 33.2 Å². The fourth-order valence-electron chi connectivity index (χ4n) is 1.95. The second kappa shape index (κ2) is 6.75. The van der Waals surface area contributed by atoms with Crippen LogP contribution in [0.5, 0.6) is 5.75 Å². The van der Waals surface area contributed by atoms with Crippen LogP contribution in [-0.2, 0) is 19.4 Å². The minimum Gasteiger partial charge on any atom is -0.492 e. The second-order valence-electron chi connectivity index (χ2n) is 4.36. The number of ether oxygens (including phenoxy) is 1. The Morgan fingerprint density at radius 3 is 2.53 bits per heavy atom. The van der Waals surface area contributed by atoms with E-state index in [1.54, 1.807) is 0 Å². The summed E-state index contributed by atoms with van der Waals surface area (Å²) in [6, 6.07) is 10.1. The first-order valence-electron chi connectivity index (χ1n) is 6.67. The van der Waals surface area contributed by atoms with Crippen molar-refractivity contribution in [2.24, 2.45) is 0 Å². The van der Waals surface area contributed by atoms with Crippen molar-refractivity contribution in [1.82, 2.24) is 9.78 Å². The molecule has 0 aliphatic carbocycles. The fourth-order valence-corrected chi connectivity index (χ4v) is 2.21. The maximum atomic E-state index is 5.73. The number of halogens is 1. The van der Waals surface area contributed by atoms with Crippen LogP contribution < -0.4 is 4.74 Å². The van der Waals surface area contributed by atoms with Crippen LogP contribution in [0.3, 0.4) is 0 Å². The molecule has 1 aromatic heterocycles. The molecule has 0 saturated heterocycles. The lowest BCUT2D eigenvalue weighted by molar-refractivity contribution is 0.289. The Labute approximate surface area is 122 Å². The van der Waals surface area contributed by atoms with Crippen LogP contribution >= 0.6 is 15.9 Å². The van der Waals surface area contributed by atoms with Gasteiger partial charge in [0.1, 0.15) is 12.4 Å². The summed E-state index contributed by atoms with van der Waals surface area (Å²) in [7, 11) is 0. The summed E-state index contributed by atoms with van der Waals surface area (Å²) >= 11 is 3.41. The molecule has 0 unspecified atom stereocenters. The zero-order valence-corrected chi connectivity index (χ0v) is 13.0. The molecule has 0 amide bonds. The molecule has 0 fully saturated rings. The Kier molecular flexibility index (Phi) is 5.02. The van der Waals surface area contributed by atoms with Gasteiger partial charge in [0.05, 0.1) is 12.2 Å². The molecule has 0 aliphatic rings. The van der Waals surface area contributed by atoms with Crippen LogP contribution in [0.15, 0.2) is 34.8 Å². The number of hydrogen-bond acceptors (Lipinski definition) is 2. The van der Waals surface area contributed by atoms with Gasteiger partial charge in [-0.1, -0.05) is 29.8 Å². The Morgan fingerprint density at radius 1 is 1.16 bits per heavy atom. The van der Waals surface area contributed by atoms with Crippen LogP contribution in [0.4, 0.5) is 0 Å². The summed E-state index contributed by atoms with van der Waals surface area (Å²) in [5.74, 6) is 0.893. The summed E-state index contributed by atoms with van der Waals surface area (Å²) in [6.07, 6.45) is 1.98. The number of rotatable bonds is 6. The van der Waals surface area contributed by atoms with Gasteiger partial charge in [-0.25, -0.2) is 0 Å². The standard InChI is InChI=1S/C15H19BrN2O/c1-3-13-11-14(4-2)18(17-13)9-10-19-15-7-5-12(16)6-8-15/h5-8,11H,3-4,9-10H2,1-2H3. The van der Waals surface area contributed by atoms with E-state index in [2.05, 4.69) is 45.6 Å². The number of hydrogen-bond donors (Lipinski definition) is 0. The molecule has 4 heteroatoms. The van der Waals surface area contributed by atoms with Gasteiger partial charge in [0.15, 0.2) is 0 Å². The predicted molar refractivity (Wildman–Crippen MR) is 80.6 cm³/mol. The summed E-state index contributed by atoms with van der Waals surface area (Å²) in [5, 5.41) is 4.57. The van der Waals surface area contributed by atoms with E-state index < -0.39 is 0 Å². The van der Waals surface area contributed by atoms with Crippen LogP contribution in [0.2, 0.25) is 0 Å². The summed E-state index contributed by atoms with van der Waals surface area (Å²) < 4.78 is 8.84. The zero-order valence-electron chi connectivity index (χ0n) is 11.4. The first kappa shape index (κ1) is 14.1. The van der Waals surface area contributed by atoms with E-state index in [1.807, 2.05) is 24.3 Å². The third-order valence-electron chi connectivity index (χ3n) is 3.02. The molecule has 0 radical (unpaired) electrons. The van der Waals surface area contributed by atoms with Gasteiger partial charge in [-0.05, 0) is 43.2 Å². The molecule has 0 atom stereocenters. The predicted octanol–water partition coefficient (Wildman–Crippen LogP) is 3.85. The molecule has 0 saturated carbocycles. The molecule has 1 heterocycles. The van der Waals surface area contributed by atoms with E-state index in [0.717, 1.165) is 35.3 Å². The highest BCUT2D eigenvalue weighted by atomic mass is 79.9. The van der Waals surface area contributed by atoms with Gasteiger partial charge in [0.25, 0.3) is 0 Å². The first-order valence-corrected chi connectivity index (χ1v) is 7.46. The fraction of sp³-hybridized carbons (Fsp3) is 0.400. The average molecular weight is 323 g/mol. The Morgan fingerprint density at radius 2 is 1.89 bits per heavy atom. The summed E-state index contributed by atoms with van der Waals surface area (Å²) in [4.78, 5) is 0. The molecular weight excluding hydrogens is 304 g/mol. The number of aryl methyl sites for hydroxylation is 2. The molecule has 0 bridgehead atoms. The highest BCUT2D eigenvalue weighted by Gasteiger charge is 2.05. The minimum absolute atomic E-state index is 0.638. The molecule has 2 rings (SSSR count). The molecule has 102 valence electrons. The van der Waals surface area contributed by atoms with Crippen molar-refractivity contribution in [3.05, 3.63) is 46.2 Å². The third-order valence-corrected chi connectivity index (χ3v) is 3.55. The smallest absolute Gasteiger partial charge is 0.119 e. The molecule has 3 nitrogen and oxygen atoms in total. The van der Waals surface area contributed by atoms with E-state index in [4.69, 9.17) is 4.74 Å². The van der Waals surface area contributed by atoms with Gasteiger partial charge in [-0.15, -0.1) is 0 Å². The van der Waals surface area contributed by atoms with Crippen molar-refractivity contribution in [3.8, 4) is 5.75 Å². The van der Waals surface area contributed by atoms with Crippen LogP contribution in [0, 0.1) is 0 Å². The van der Waals surface area contributed by atoms with Crippen LogP contribution in [-0.4, -0.2) is 16.4 Å². The van der Waals surface area contributed by atoms with Gasteiger partial charge in [0.2, 0.25) is 0 Å². The molecule has 2 aromatic rings. The lowest BCUT2D eigenvalue weighted by atomic mass is 10.3. The number of aromatic nitrogens is 2. The molecule has 0 aliphatic heterocycles. The van der Waals surface area contributed by atoms with E-state index in [1.165, 1.54) is 5.69 Å². The highest BCUT2D eigenvalue weighted by molar-refractivity contribution is 9.10. The van der Waals surface area contributed by atoms with Gasteiger partial charge in [-0.2, -0.15) is 5.10 Å². The first-order chi connectivity index (χ1) is 9.22. The van der Waals surface area contributed by atoms with E-state index in [0.29, 0.717) is 6.61 Å². The minimum atomic E-state index is 0.638. The van der Waals surface area contributed by atoms with E-state index in [9.17, 15) is 0 Å². The Hall–Kier alpha value is -1.29. The second-order valence-corrected chi connectivity index (χ2v) is 5.28. The Balaban J connectivity index is 1.91. The number of benzene rings is 1. The molecule has 0 N–H and O–H groups in total. The Bertz CT molecular complexity index is 519. The van der Waals surface area contributed by atoms with Gasteiger partial charge >= 0.3 is 0 Å². The van der Waals surface area contributed by atoms with Gasteiger partial charge < -0.3 is 4.74 Å². The maximum absolute atomic E-state index is 5.73. The maximum Gasteiger partial charge on any atom is 0.119 e. The average Bonchev–Trinajstić information content (AvgIpc) is 2.83. The topological polar surface area (TPSA) is 27.1 Å².